The van der Waals surface area contributed by atoms with Crippen LogP contribution < -0.4 is 0 Å². The molecule has 2 aromatic rings. The van der Waals surface area contributed by atoms with Gasteiger partial charge >= 0.3 is 6.09 Å². The van der Waals surface area contributed by atoms with Gasteiger partial charge in [0.15, 0.2) is 6.29 Å². The molecule has 0 spiro atoms. The Morgan fingerprint density at radius 2 is 1.74 bits per heavy atom. The first-order valence-corrected chi connectivity index (χ1v) is 12.8. The van der Waals surface area contributed by atoms with Gasteiger partial charge in [0.05, 0.1) is 24.1 Å². The van der Waals surface area contributed by atoms with Gasteiger partial charge < -0.3 is 19.3 Å². The van der Waals surface area contributed by atoms with Crippen LogP contribution >= 0.6 is 0 Å². The summed E-state index contributed by atoms with van der Waals surface area (Å²) in [5.41, 5.74) is 0.844. The molecule has 1 amide bonds. The standard InChI is InChI=1S/C25H31NO8S/c1-16-10-12-18(13-11-16)35(29,30)34-20-14-26(24(28)33-25(2,3)4)19-15-31-23(32-22(19)21(20)27)17-8-6-5-7-9-17/h5-13,19-23,27H,14-15H2,1-4H3/t19-,20-,21-,22-,23+/m1/s1. The Morgan fingerprint density at radius 1 is 1.09 bits per heavy atom. The van der Waals surface area contributed by atoms with E-state index in [0.717, 1.165) is 11.1 Å². The smallest absolute Gasteiger partial charge is 0.410 e. The average Bonchev–Trinajstić information content (AvgIpc) is 2.80. The fourth-order valence-corrected chi connectivity index (χ4v) is 5.18. The molecule has 35 heavy (non-hydrogen) atoms. The number of carbonyl (C=O) groups is 1. The molecule has 2 saturated heterocycles. The van der Waals surface area contributed by atoms with Crippen LogP contribution in [-0.2, 0) is 28.5 Å². The number of aliphatic hydroxyl groups is 1. The Morgan fingerprint density at radius 3 is 2.37 bits per heavy atom. The Labute approximate surface area is 205 Å². The number of piperidine rings is 1. The van der Waals surface area contributed by atoms with E-state index in [1.165, 1.54) is 17.0 Å². The highest BCUT2D eigenvalue weighted by Crippen LogP contribution is 2.35. The van der Waals surface area contributed by atoms with E-state index in [2.05, 4.69) is 0 Å². The van der Waals surface area contributed by atoms with Gasteiger partial charge in [-0.2, -0.15) is 8.42 Å². The van der Waals surface area contributed by atoms with Gasteiger partial charge in [0.1, 0.15) is 23.9 Å². The maximum Gasteiger partial charge on any atom is 0.410 e. The Bertz CT molecular complexity index is 1130. The minimum absolute atomic E-state index is 0.0451. The van der Waals surface area contributed by atoms with E-state index in [-0.39, 0.29) is 18.0 Å². The molecule has 5 atom stereocenters. The van der Waals surface area contributed by atoms with Crippen LogP contribution in [0.25, 0.3) is 0 Å². The van der Waals surface area contributed by atoms with Gasteiger partial charge in [-0.25, -0.2) is 4.79 Å². The van der Waals surface area contributed by atoms with Crippen LogP contribution in [0.3, 0.4) is 0 Å². The van der Waals surface area contributed by atoms with Crippen molar-refractivity contribution in [2.75, 3.05) is 13.2 Å². The van der Waals surface area contributed by atoms with Gasteiger partial charge in [-0.15, -0.1) is 0 Å². The first-order valence-electron chi connectivity index (χ1n) is 11.4. The van der Waals surface area contributed by atoms with Crippen molar-refractivity contribution in [3.05, 3.63) is 65.7 Å². The number of aliphatic hydroxyl groups excluding tert-OH is 1. The zero-order chi connectivity index (χ0) is 25.4. The van der Waals surface area contributed by atoms with Gasteiger partial charge in [0.25, 0.3) is 10.1 Å². The van der Waals surface area contributed by atoms with E-state index in [9.17, 15) is 18.3 Å². The second kappa shape index (κ2) is 9.87. The van der Waals surface area contributed by atoms with Crippen LogP contribution in [0.2, 0.25) is 0 Å². The minimum atomic E-state index is -4.22. The topological polar surface area (TPSA) is 112 Å². The lowest BCUT2D eigenvalue weighted by molar-refractivity contribution is -0.282. The molecule has 9 nitrogen and oxygen atoms in total. The van der Waals surface area contributed by atoms with Crippen LogP contribution in [0, 0.1) is 6.92 Å². The number of likely N-dealkylation sites (tertiary alicyclic amines) is 1. The number of nitrogens with zero attached hydrogens (tertiary/aromatic N) is 1. The monoisotopic (exact) mass is 505 g/mol. The van der Waals surface area contributed by atoms with Gasteiger partial charge in [-0.05, 0) is 39.8 Å². The van der Waals surface area contributed by atoms with Gasteiger partial charge in [0.2, 0.25) is 0 Å². The summed E-state index contributed by atoms with van der Waals surface area (Å²) < 4.78 is 48.9. The summed E-state index contributed by atoms with van der Waals surface area (Å²) in [5, 5.41) is 11.2. The average molecular weight is 506 g/mol. The van der Waals surface area contributed by atoms with Crippen molar-refractivity contribution >= 4 is 16.2 Å². The molecule has 2 aliphatic heterocycles. The first kappa shape index (κ1) is 25.6. The molecule has 2 aromatic carbocycles. The highest BCUT2D eigenvalue weighted by Gasteiger charge is 2.51. The highest BCUT2D eigenvalue weighted by atomic mass is 32.2. The van der Waals surface area contributed by atoms with Crippen molar-refractivity contribution < 1.29 is 36.7 Å². The van der Waals surface area contributed by atoms with Crippen molar-refractivity contribution in [3.8, 4) is 0 Å². The molecule has 2 aliphatic rings. The summed E-state index contributed by atoms with van der Waals surface area (Å²) >= 11 is 0. The van der Waals surface area contributed by atoms with E-state index in [1.807, 2.05) is 37.3 Å². The molecule has 0 unspecified atom stereocenters. The van der Waals surface area contributed by atoms with Crippen LogP contribution in [0.15, 0.2) is 59.5 Å². The SMILES string of the molecule is Cc1ccc(S(=O)(=O)O[C@@H]2CN(C(=O)OC(C)(C)C)[C@@H]3CO[C@H](c4ccccc4)O[C@H]3[C@@H]2O)cc1. The third-order valence-electron chi connectivity index (χ3n) is 5.83. The molecular weight excluding hydrogens is 474 g/mol. The maximum atomic E-state index is 13.1. The van der Waals surface area contributed by atoms with E-state index in [1.54, 1.807) is 32.9 Å². The van der Waals surface area contributed by atoms with E-state index < -0.39 is 52.5 Å². The molecule has 1 N–H and O–H groups in total. The van der Waals surface area contributed by atoms with Crippen molar-refractivity contribution in [3.63, 3.8) is 0 Å². The molecule has 0 bridgehead atoms. The highest BCUT2D eigenvalue weighted by molar-refractivity contribution is 7.86. The normalized spacial score (nSPS) is 27.2. The number of hydrogen-bond acceptors (Lipinski definition) is 8. The molecular formula is C25H31NO8S. The van der Waals surface area contributed by atoms with Crippen molar-refractivity contribution in [2.24, 2.45) is 0 Å². The summed E-state index contributed by atoms with van der Waals surface area (Å²) in [7, 11) is -4.22. The molecule has 4 rings (SSSR count). The van der Waals surface area contributed by atoms with Gasteiger partial charge in [-0.3, -0.25) is 9.08 Å². The van der Waals surface area contributed by atoms with Crippen LogP contribution in [0.5, 0.6) is 0 Å². The summed E-state index contributed by atoms with van der Waals surface area (Å²) in [5.74, 6) is 0. The van der Waals surface area contributed by atoms with Gasteiger partial charge in [-0.1, -0.05) is 48.0 Å². The fraction of sp³-hybridized carbons (Fsp3) is 0.480. The van der Waals surface area contributed by atoms with Gasteiger partial charge in [0, 0.05) is 5.56 Å². The third-order valence-corrected chi connectivity index (χ3v) is 7.18. The maximum absolute atomic E-state index is 13.1. The fourth-order valence-electron chi connectivity index (χ4n) is 4.10. The molecule has 0 radical (unpaired) electrons. The molecule has 190 valence electrons. The number of rotatable bonds is 4. The van der Waals surface area contributed by atoms with E-state index in [4.69, 9.17) is 18.4 Å². The summed E-state index contributed by atoms with van der Waals surface area (Å²) in [6.45, 7) is 6.89. The molecule has 0 aliphatic carbocycles. The van der Waals surface area contributed by atoms with Crippen molar-refractivity contribution in [1.82, 2.24) is 4.90 Å². The second-order valence-electron chi connectivity index (χ2n) is 9.77. The molecule has 2 heterocycles. The zero-order valence-electron chi connectivity index (χ0n) is 20.2. The Kier molecular flexibility index (Phi) is 7.21. The quantitative estimate of drug-likeness (QED) is 0.631. The number of fused-ring (bicyclic) bond motifs is 1. The predicted octanol–water partition coefficient (Wildman–Crippen LogP) is 3.16. The predicted molar refractivity (Wildman–Crippen MR) is 126 cm³/mol. The first-order chi connectivity index (χ1) is 16.4. The van der Waals surface area contributed by atoms with E-state index in [0.29, 0.717) is 0 Å². The number of ether oxygens (including phenoxy) is 3. The number of amides is 1. The summed E-state index contributed by atoms with van der Waals surface area (Å²) in [6, 6.07) is 14.7. The van der Waals surface area contributed by atoms with Crippen molar-refractivity contribution in [1.29, 1.82) is 0 Å². The molecule has 0 saturated carbocycles. The number of hydrogen-bond donors (Lipinski definition) is 1. The third kappa shape index (κ3) is 5.84. The number of carbonyl (C=O) groups excluding carboxylic acids is 1. The van der Waals surface area contributed by atoms with E-state index >= 15 is 0 Å². The zero-order valence-corrected chi connectivity index (χ0v) is 21.0. The lowest BCUT2D eigenvalue weighted by Gasteiger charge is -2.49. The molecule has 0 aromatic heterocycles. The lowest BCUT2D eigenvalue weighted by atomic mass is 9.93. The Balaban J connectivity index is 1.62. The molecule has 2 fully saturated rings. The van der Waals surface area contributed by atoms with Crippen LogP contribution in [0.4, 0.5) is 4.79 Å². The largest absolute Gasteiger partial charge is 0.444 e. The summed E-state index contributed by atoms with van der Waals surface area (Å²) in [6.07, 6.45) is -5.04. The van der Waals surface area contributed by atoms with Crippen molar-refractivity contribution in [2.45, 2.75) is 68.8 Å². The Hall–Kier alpha value is -2.50. The minimum Gasteiger partial charge on any atom is -0.444 e. The number of benzene rings is 2. The van der Waals surface area contributed by atoms with Crippen LogP contribution in [0.1, 0.15) is 38.2 Å². The molecule has 10 heteroatoms. The lowest BCUT2D eigenvalue weighted by Crippen LogP contribution is -2.67. The van der Waals surface area contributed by atoms with Crippen LogP contribution in [-0.4, -0.2) is 67.6 Å². The second-order valence-corrected chi connectivity index (χ2v) is 11.3. The number of aryl methyl sites for hydroxylation is 1. The summed E-state index contributed by atoms with van der Waals surface area (Å²) in [4.78, 5) is 14.3.